The van der Waals surface area contributed by atoms with Gasteiger partial charge in [-0.1, -0.05) is 41.5 Å². The number of methoxy groups -OCH3 is 1. The Hall–Kier alpha value is -1.49. The molecule has 0 aliphatic carbocycles. The number of halogens is 2. The van der Waals surface area contributed by atoms with Gasteiger partial charge in [-0.05, 0) is 29.8 Å². The molecule has 2 N–H and O–H groups in total. The molecule has 21 heavy (non-hydrogen) atoms. The number of ether oxygens (including phenoxy) is 2. The van der Waals surface area contributed by atoms with Gasteiger partial charge in [-0.2, -0.15) is 0 Å². The number of hydrogen-bond donors (Lipinski definition) is 1. The molecule has 2 aromatic carbocycles. The zero-order valence-corrected chi connectivity index (χ0v) is 13.6. The summed E-state index contributed by atoms with van der Waals surface area (Å²) in [5, 5.41) is 0.942. The van der Waals surface area contributed by atoms with E-state index in [1.54, 1.807) is 25.3 Å². The van der Waals surface area contributed by atoms with Crippen molar-refractivity contribution in [3.63, 3.8) is 0 Å². The number of rotatable bonds is 5. The third kappa shape index (κ3) is 4.00. The van der Waals surface area contributed by atoms with Gasteiger partial charge in [0.25, 0.3) is 0 Å². The Morgan fingerprint density at radius 1 is 1.14 bits per heavy atom. The molecular formula is C15H13Cl2NO2S. The summed E-state index contributed by atoms with van der Waals surface area (Å²) in [7, 11) is 1.57. The van der Waals surface area contributed by atoms with Crippen LogP contribution in [0.3, 0.4) is 0 Å². The summed E-state index contributed by atoms with van der Waals surface area (Å²) < 4.78 is 10.9. The maximum absolute atomic E-state index is 5.94. The van der Waals surface area contributed by atoms with Gasteiger partial charge in [0, 0.05) is 6.07 Å². The summed E-state index contributed by atoms with van der Waals surface area (Å²) >= 11 is 16.8. The second-order valence-corrected chi connectivity index (χ2v) is 5.52. The van der Waals surface area contributed by atoms with Crippen LogP contribution in [0, 0.1) is 0 Å². The quantitative estimate of drug-likeness (QED) is 0.827. The normalized spacial score (nSPS) is 10.2. The van der Waals surface area contributed by atoms with Crippen molar-refractivity contribution in [3.05, 3.63) is 57.6 Å². The Morgan fingerprint density at radius 3 is 2.52 bits per heavy atom. The van der Waals surface area contributed by atoms with Crippen molar-refractivity contribution in [1.82, 2.24) is 0 Å². The maximum atomic E-state index is 5.94. The summed E-state index contributed by atoms with van der Waals surface area (Å²) in [6, 6.07) is 10.7. The van der Waals surface area contributed by atoms with E-state index in [0.29, 0.717) is 33.7 Å². The third-order valence-corrected chi connectivity index (χ3v) is 3.78. The molecule has 0 amide bonds. The lowest BCUT2D eigenvalue weighted by atomic mass is 10.1. The van der Waals surface area contributed by atoms with Gasteiger partial charge in [-0.15, -0.1) is 0 Å². The minimum atomic E-state index is 0.281. The first-order valence-electron chi connectivity index (χ1n) is 6.06. The highest BCUT2D eigenvalue weighted by Crippen LogP contribution is 2.27. The molecule has 2 aromatic rings. The van der Waals surface area contributed by atoms with Crippen molar-refractivity contribution in [2.24, 2.45) is 5.73 Å². The number of hydrogen-bond acceptors (Lipinski definition) is 3. The summed E-state index contributed by atoms with van der Waals surface area (Å²) in [4.78, 5) is 0.281. The van der Waals surface area contributed by atoms with E-state index in [1.807, 2.05) is 18.2 Å². The minimum absolute atomic E-state index is 0.281. The largest absolute Gasteiger partial charge is 0.496 e. The highest BCUT2D eigenvalue weighted by molar-refractivity contribution is 7.80. The van der Waals surface area contributed by atoms with Gasteiger partial charge >= 0.3 is 0 Å². The summed E-state index contributed by atoms with van der Waals surface area (Å²) in [6.45, 7) is 0.359. The van der Waals surface area contributed by atoms with E-state index in [4.69, 9.17) is 50.6 Å². The maximum Gasteiger partial charge on any atom is 0.129 e. The Morgan fingerprint density at radius 2 is 1.90 bits per heavy atom. The lowest BCUT2D eigenvalue weighted by molar-refractivity contribution is 0.306. The lowest BCUT2D eigenvalue weighted by Gasteiger charge is -2.11. The topological polar surface area (TPSA) is 44.5 Å². The van der Waals surface area contributed by atoms with Crippen molar-refractivity contribution in [2.75, 3.05) is 7.11 Å². The molecule has 0 radical (unpaired) electrons. The molecule has 110 valence electrons. The standard InChI is InChI=1S/C15H13Cl2NO2S/c1-19-14-5-2-9(6-11(14)15(18)21)8-20-10-3-4-12(16)13(17)7-10/h2-7H,8H2,1H3,(H2,18,21). The molecule has 6 heteroatoms. The van der Waals surface area contributed by atoms with E-state index in [0.717, 1.165) is 5.56 Å². The van der Waals surface area contributed by atoms with E-state index in [1.165, 1.54) is 0 Å². The zero-order valence-electron chi connectivity index (χ0n) is 11.2. The van der Waals surface area contributed by atoms with Crippen LogP contribution in [0.2, 0.25) is 10.0 Å². The van der Waals surface area contributed by atoms with Gasteiger partial charge in [0.05, 0.1) is 22.7 Å². The molecule has 0 saturated heterocycles. The fourth-order valence-corrected chi connectivity index (χ4v) is 2.22. The van der Waals surface area contributed by atoms with Crippen molar-refractivity contribution >= 4 is 40.4 Å². The first kappa shape index (κ1) is 15.9. The zero-order chi connectivity index (χ0) is 15.4. The average Bonchev–Trinajstić information content (AvgIpc) is 2.48. The van der Waals surface area contributed by atoms with Gasteiger partial charge in [0.1, 0.15) is 23.1 Å². The van der Waals surface area contributed by atoms with Crippen LogP contribution in [0.5, 0.6) is 11.5 Å². The summed E-state index contributed by atoms with van der Waals surface area (Å²) in [5.41, 5.74) is 7.29. The molecule has 0 unspecified atom stereocenters. The van der Waals surface area contributed by atoms with Crippen LogP contribution in [0.15, 0.2) is 36.4 Å². The number of benzene rings is 2. The fraction of sp³-hybridized carbons (Fsp3) is 0.133. The van der Waals surface area contributed by atoms with Crippen LogP contribution >= 0.6 is 35.4 Å². The van der Waals surface area contributed by atoms with E-state index in [9.17, 15) is 0 Å². The van der Waals surface area contributed by atoms with Crippen LogP contribution < -0.4 is 15.2 Å². The van der Waals surface area contributed by atoms with Crippen molar-refractivity contribution in [1.29, 1.82) is 0 Å². The SMILES string of the molecule is COc1ccc(COc2ccc(Cl)c(Cl)c2)cc1C(N)=S. The number of thiocarbonyl (C=S) groups is 1. The molecular weight excluding hydrogens is 329 g/mol. The Balaban J connectivity index is 2.14. The Labute approximate surface area is 138 Å². The second-order valence-electron chi connectivity index (χ2n) is 4.26. The Kier molecular flexibility index (Phi) is 5.28. The van der Waals surface area contributed by atoms with Gasteiger partial charge in [0.2, 0.25) is 0 Å². The molecule has 0 heterocycles. The fourth-order valence-electron chi connectivity index (χ4n) is 1.77. The van der Waals surface area contributed by atoms with Crippen LogP contribution in [0.4, 0.5) is 0 Å². The van der Waals surface area contributed by atoms with Gasteiger partial charge < -0.3 is 15.2 Å². The molecule has 0 aliphatic rings. The van der Waals surface area contributed by atoms with Crippen molar-refractivity contribution < 1.29 is 9.47 Å². The molecule has 2 rings (SSSR count). The Bertz CT molecular complexity index is 677. The predicted molar refractivity (Wildman–Crippen MR) is 89.7 cm³/mol. The molecule has 0 aliphatic heterocycles. The highest BCUT2D eigenvalue weighted by Gasteiger charge is 2.08. The predicted octanol–water partition coefficient (Wildman–Crippen LogP) is 4.22. The molecule has 0 bridgehead atoms. The van der Waals surface area contributed by atoms with E-state index < -0.39 is 0 Å². The van der Waals surface area contributed by atoms with E-state index in [2.05, 4.69) is 0 Å². The lowest BCUT2D eigenvalue weighted by Crippen LogP contribution is -2.12. The van der Waals surface area contributed by atoms with Crippen LogP contribution in [-0.4, -0.2) is 12.1 Å². The first-order valence-corrected chi connectivity index (χ1v) is 7.22. The average molecular weight is 342 g/mol. The molecule has 0 saturated carbocycles. The van der Waals surface area contributed by atoms with Crippen LogP contribution in [-0.2, 0) is 6.61 Å². The molecule has 0 fully saturated rings. The van der Waals surface area contributed by atoms with E-state index >= 15 is 0 Å². The van der Waals surface area contributed by atoms with Crippen molar-refractivity contribution in [2.45, 2.75) is 6.61 Å². The minimum Gasteiger partial charge on any atom is -0.496 e. The molecule has 0 spiro atoms. The molecule has 0 atom stereocenters. The van der Waals surface area contributed by atoms with Gasteiger partial charge in [0.15, 0.2) is 0 Å². The summed E-state index contributed by atoms with van der Waals surface area (Å²) in [6.07, 6.45) is 0. The van der Waals surface area contributed by atoms with E-state index in [-0.39, 0.29) is 4.99 Å². The van der Waals surface area contributed by atoms with Gasteiger partial charge in [-0.25, -0.2) is 0 Å². The second kappa shape index (κ2) is 6.98. The molecule has 3 nitrogen and oxygen atoms in total. The third-order valence-electron chi connectivity index (χ3n) is 2.83. The molecule has 0 aromatic heterocycles. The van der Waals surface area contributed by atoms with Crippen molar-refractivity contribution in [3.8, 4) is 11.5 Å². The van der Waals surface area contributed by atoms with Crippen LogP contribution in [0.1, 0.15) is 11.1 Å². The monoisotopic (exact) mass is 341 g/mol. The van der Waals surface area contributed by atoms with Crippen LogP contribution in [0.25, 0.3) is 0 Å². The highest BCUT2D eigenvalue weighted by atomic mass is 35.5. The smallest absolute Gasteiger partial charge is 0.129 e. The van der Waals surface area contributed by atoms with Gasteiger partial charge in [-0.3, -0.25) is 0 Å². The summed E-state index contributed by atoms with van der Waals surface area (Å²) in [5.74, 6) is 1.28. The first-order chi connectivity index (χ1) is 10.0. The number of nitrogens with two attached hydrogens (primary N) is 1.